The first kappa shape index (κ1) is 19.7. The molecule has 3 aromatic rings. The highest BCUT2D eigenvalue weighted by Crippen LogP contribution is 2.36. The number of amides is 1. The molecular weight excluding hydrogens is 395 g/mol. The zero-order valence-corrected chi connectivity index (χ0v) is 15.0. The summed E-state index contributed by atoms with van der Waals surface area (Å²) < 4.78 is 43.6. The minimum atomic E-state index is -4.65. The van der Waals surface area contributed by atoms with Gasteiger partial charge in [0.25, 0.3) is 5.91 Å². The van der Waals surface area contributed by atoms with Crippen molar-refractivity contribution in [2.24, 2.45) is 0 Å². The van der Waals surface area contributed by atoms with Crippen LogP contribution in [0.3, 0.4) is 0 Å². The highest BCUT2D eigenvalue weighted by Gasteiger charge is 2.33. The van der Waals surface area contributed by atoms with E-state index in [2.05, 4.69) is 5.32 Å². The van der Waals surface area contributed by atoms with Gasteiger partial charge in [0, 0.05) is 5.69 Å². The smallest absolute Gasteiger partial charge is 0.417 e. The molecule has 0 bridgehead atoms. The molecule has 1 amide bonds. The fraction of sp³-hybridized carbons (Fsp3) is 0.100. The van der Waals surface area contributed by atoms with E-state index in [0.29, 0.717) is 11.5 Å². The third-order valence-corrected chi connectivity index (χ3v) is 4.23. The molecule has 0 atom stereocenters. The number of nitrogens with one attached hydrogen (secondary N) is 1. The molecule has 0 radical (unpaired) electrons. The summed E-state index contributed by atoms with van der Waals surface area (Å²) in [4.78, 5) is 24.2. The molecule has 0 fully saturated rings. The number of esters is 1. The summed E-state index contributed by atoms with van der Waals surface area (Å²) in [6.45, 7) is -0.647. The Morgan fingerprint density at radius 1 is 1.00 bits per heavy atom. The summed E-state index contributed by atoms with van der Waals surface area (Å²) in [6, 6.07) is 15.2. The molecule has 8 heteroatoms. The number of hydrogen-bond acceptors (Lipinski definition) is 3. The van der Waals surface area contributed by atoms with Crippen LogP contribution in [0, 0.1) is 0 Å². The Balaban J connectivity index is 1.67. The van der Waals surface area contributed by atoms with Crippen molar-refractivity contribution in [1.82, 2.24) is 0 Å². The highest BCUT2D eigenvalue weighted by molar-refractivity contribution is 6.31. The van der Waals surface area contributed by atoms with Crippen molar-refractivity contribution < 1.29 is 27.5 Å². The summed E-state index contributed by atoms with van der Waals surface area (Å²) in [6.07, 6.45) is -4.65. The lowest BCUT2D eigenvalue weighted by atomic mass is 10.1. The van der Waals surface area contributed by atoms with E-state index in [-0.39, 0.29) is 11.3 Å². The van der Waals surface area contributed by atoms with Crippen LogP contribution >= 0.6 is 11.6 Å². The van der Waals surface area contributed by atoms with E-state index in [1.165, 1.54) is 6.07 Å². The zero-order valence-electron chi connectivity index (χ0n) is 14.2. The van der Waals surface area contributed by atoms with Gasteiger partial charge in [-0.15, -0.1) is 0 Å². The van der Waals surface area contributed by atoms with Gasteiger partial charge in [0.1, 0.15) is 0 Å². The van der Waals surface area contributed by atoms with Crippen molar-refractivity contribution >= 4 is 39.9 Å². The lowest BCUT2D eigenvalue weighted by Crippen LogP contribution is -2.21. The normalized spacial score (nSPS) is 11.3. The molecule has 0 aromatic heterocycles. The van der Waals surface area contributed by atoms with Gasteiger partial charge in [-0.1, -0.05) is 48.0 Å². The average molecular weight is 408 g/mol. The first-order valence-electron chi connectivity index (χ1n) is 8.07. The highest BCUT2D eigenvalue weighted by atomic mass is 35.5. The molecule has 0 aliphatic carbocycles. The number of carbonyl (C=O) groups excluding carboxylic acids is 2. The largest absolute Gasteiger partial charge is 0.452 e. The van der Waals surface area contributed by atoms with Gasteiger partial charge in [-0.05, 0) is 35.0 Å². The van der Waals surface area contributed by atoms with E-state index in [4.69, 9.17) is 16.3 Å². The maximum atomic E-state index is 12.9. The summed E-state index contributed by atoms with van der Waals surface area (Å²) in [5.74, 6) is -1.48. The summed E-state index contributed by atoms with van der Waals surface area (Å²) in [7, 11) is 0. The van der Waals surface area contributed by atoms with E-state index >= 15 is 0 Å². The van der Waals surface area contributed by atoms with Crippen LogP contribution in [-0.4, -0.2) is 18.5 Å². The van der Waals surface area contributed by atoms with Crippen molar-refractivity contribution in [3.8, 4) is 0 Å². The van der Waals surface area contributed by atoms with E-state index in [1.54, 1.807) is 24.3 Å². The second kappa shape index (κ2) is 7.90. The van der Waals surface area contributed by atoms with Crippen LogP contribution in [-0.2, 0) is 15.7 Å². The lowest BCUT2D eigenvalue weighted by molar-refractivity contribution is -0.137. The van der Waals surface area contributed by atoms with E-state index in [0.717, 1.165) is 11.5 Å². The molecule has 0 saturated heterocycles. The Morgan fingerprint density at radius 2 is 1.71 bits per heavy atom. The quantitative estimate of drug-likeness (QED) is 0.596. The number of fused-ring (bicyclic) bond motifs is 1. The molecule has 0 spiro atoms. The van der Waals surface area contributed by atoms with Crippen LogP contribution in [0.15, 0.2) is 60.7 Å². The van der Waals surface area contributed by atoms with Gasteiger partial charge >= 0.3 is 12.1 Å². The van der Waals surface area contributed by atoms with Gasteiger partial charge in [0.15, 0.2) is 6.61 Å². The van der Waals surface area contributed by atoms with Gasteiger partial charge < -0.3 is 10.1 Å². The third-order valence-electron chi connectivity index (χ3n) is 3.90. The molecule has 0 aliphatic heterocycles. The lowest BCUT2D eigenvalue weighted by Gasteiger charge is -2.12. The van der Waals surface area contributed by atoms with Crippen molar-refractivity contribution in [2.75, 3.05) is 11.9 Å². The Morgan fingerprint density at radius 3 is 2.46 bits per heavy atom. The van der Waals surface area contributed by atoms with Gasteiger partial charge in [-0.25, -0.2) is 4.79 Å². The maximum Gasteiger partial charge on any atom is 0.417 e. The van der Waals surface area contributed by atoms with Crippen molar-refractivity contribution in [1.29, 1.82) is 0 Å². The van der Waals surface area contributed by atoms with Crippen LogP contribution in [0.25, 0.3) is 10.8 Å². The monoisotopic (exact) mass is 407 g/mol. The molecule has 1 N–H and O–H groups in total. The van der Waals surface area contributed by atoms with Crippen molar-refractivity contribution in [2.45, 2.75) is 6.18 Å². The maximum absolute atomic E-state index is 12.9. The topological polar surface area (TPSA) is 55.4 Å². The van der Waals surface area contributed by atoms with Crippen LogP contribution < -0.4 is 5.32 Å². The number of hydrogen-bond donors (Lipinski definition) is 1. The van der Waals surface area contributed by atoms with E-state index in [1.807, 2.05) is 18.2 Å². The van der Waals surface area contributed by atoms with Gasteiger partial charge in [0.2, 0.25) is 0 Å². The SMILES string of the molecule is O=C(COC(=O)c1cccc2ccccc12)Nc1ccc(Cl)c(C(F)(F)F)c1. The molecule has 4 nitrogen and oxygen atoms in total. The Labute approximate surface area is 162 Å². The first-order valence-corrected chi connectivity index (χ1v) is 8.45. The van der Waals surface area contributed by atoms with E-state index < -0.39 is 35.2 Å². The Bertz CT molecular complexity index is 1050. The standard InChI is InChI=1S/C20H13ClF3NO3/c21-17-9-8-13(10-16(17)20(22,23)24)25-18(26)11-28-19(27)15-7-3-5-12-4-1-2-6-14(12)15/h1-10H,11H2,(H,25,26). The van der Waals surface area contributed by atoms with E-state index in [9.17, 15) is 22.8 Å². The van der Waals surface area contributed by atoms with Crippen LogP contribution in [0.1, 0.15) is 15.9 Å². The van der Waals surface area contributed by atoms with Gasteiger partial charge in [-0.2, -0.15) is 13.2 Å². The average Bonchev–Trinajstić information content (AvgIpc) is 2.66. The first-order chi connectivity index (χ1) is 13.3. The molecule has 0 aliphatic rings. The number of ether oxygens (including phenoxy) is 1. The van der Waals surface area contributed by atoms with Crippen LogP contribution in [0.4, 0.5) is 18.9 Å². The van der Waals surface area contributed by atoms with Crippen LogP contribution in [0.5, 0.6) is 0 Å². The predicted molar refractivity (Wildman–Crippen MR) is 99.3 cm³/mol. The number of halogens is 4. The summed E-state index contributed by atoms with van der Waals surface area (Å²) >= 11 is 5.53. The van der Waals surface area contributed by atoms with Gasteiger partial charge in [0.05, 0.1) is 16.1 Å². The summed E-state index contributed by atoms with van der Waals surface area (Å²) in [5.41, 5.74) is -0.889. The van der Waals surface area contributed by atoms with Gasteiger partial charge in [-0.3, -0.25) is 4.79 Å². The fourth-order valence-corrected chi connectivity index (χ4v) is 2.85. The number of alkyl halides is 3. The second-order valence-electron chi connectivity index (χ2n) is 5.84. The molecule has 0 unspecified atom stereocenters. The fourth-order valence-electron chi connectivity index (χ4n) is 2.63. The van der Waals surface area contributed by atoms with Crippen molar-refractivity contribution in [3.63, 3.8) is 0 Å². The van der Waals surface area contributed by atoms with Crippen LogP contribution in [0.2, 0.25) is 5.02 Å². The second-order valence-corrected chi connectivity index (χ2v) is 6.25. The number of carbonyl (C=O) groups is 2. The number of rotatable bonds is 4. The predicted octanol–water partition coefficient (Wildman–Crippen LogP) is 5.31. The Kier molecular flexibility index (Phi) is 5.56. The molecular formula is C20H13ClF3NO3. The molecule has 144 valence electrons. The minimum Gasteiger partial charge on any atom is -0.452 e. The summed E-state index contributed by atoms with van der Waals surface area (Å²) in [5, 5.41) is 3.28. The minimum absolute atomic E-state index is 0.108. The molecule has 0 heterocycles. The zero-order chi connectivity index (χ0) is 20.3. The molecule has 28 heavy (non-hydrogen) atoms. The molecule has 0 saturated carbocycles. The number of benzene rings is 3. The molecule has 3 aromatic carbocycles. The third kappa shape index (κ3) is 4.43. The van der Waals surface area contributed by atoms with Crippen molar-refractivity contribution in [3.05, 3.63) is 76.8 Å². The number of anilines is 1. The molecule has 3 rings (SSSR count). The Hall–Kier alpha value is -3.06.